The molecule has 0 aliphatic carbocycles. The molecule has 1 unspecified atom stereocenters. The minimum absolute atomic E-state index is 0.0126. The molecule has 1 aliphatic heterocycles. The predicted molar refractivity (Wildman–Crippen MR) is 45.8 cm³/mol. The van der Waals surface area contributed by atoms with E-state index in [4.69, 9.17) is 5.11 Å². The number of rotatable bonds is 3. The van der Waals surface area contributed by atoms with Gasteiger partial charge in [0, 0.05) is 0 Å². The molecule has 1 amide bonds. The van der Waals surface area contributed by atoms with Crippen LogP contribution in [0.3, 0.4) is 0 Å². The third-order valence-electron chi connectivity index (χ3n) is 1.84. The summed E-state index contributed by atoms with van der Waals surface area (Å²) in [7, 11) is 0. The molecule has 4 nitrogen and oxygen atoms in total. The maximum atomic E-state index is 11.2. The van der Waals surface area contributed by atoms with Crippen LogP contribution in [0.2, 0.25) is 0 Å². The molecule has 1 saturated heterocycles. The third kappa shape index (κ3) is 2.54. The Morgan fingerprint density at radius 1 is 1.75 bits per heavy atom. The van der Waals surface area contributed by atoms with Crippen LogP contribution in [0.4, 0.5) is 0 Å². The average molecular weight is 170 g/mol. The number of aliphatic hydroxyl groups is 1. The lowest BCUT2D eigenvalue weighted by atomic mass is 10.2. The van der Waals surface area contributed by atoms with E-state index < -0.39 is 0 Å². The van der Waals surface area contributed by atoms with Gasteiger partial charge in [0.05, 0.1) is 12.6 Å². The standard InChI is InChI=1S/C8H14N2O2/c1-6(11)5-10-8(12)7-3-2-4-9-7/h7,9,11H,1-5H2,(H,10,12). The quantitative estimate of drug-likeness (QED) is 0.519. The van der Waals surface area contributed by atoms with Crippen LogP contribution < -0.4 is 10.6 Å². The molecule has 4 heteroatoms. The maximum absolute atomic E-state index is 11.2. The zero-order chi connectivity index (χ0) is 8.97. The Bertz CT molecular complexity index is 185. The molecule has 12 heavy (non-hydrogen) atoms. The van der Waals surface area contributed by atoms with Crippen molar-refractivity contribution < 1.29 is 9.90 Å². The summed E-state index contributed by atoms with van der Waals surface area (Å²) in [6.45, 7) is 4.32. The van der Waals surface area contributed by atoms with Crippen molar-refractivity contribution in [3.63, 3.8) is 0 Å². The van der Waals surface area contributed by atoms with Crippen molar-refractivity contribution in [1.29, 1.82) is 0 Å². The van der Waals surface area contributed by atoms with E-state index in [1.54, 1.807) is 0 Å². The number of aliphatic hydroxyl groups excluding tert-OH is 1. The lowest BCUT2D eigenvalue weighted by molar-refractivity contribution is -0.122. The molecule has 1 heterocycles. The monoisotopic (exact) mass is 170 g/mol. The van der Waals surface area contributed by atoms with Gasteiger partial charge in [-0.3, -0.25) is 4.79 Å². The van der Waals surface area contributed by atoms with Gasteiger partial charge in [-0.05, 0) is 19.4 Å². The average Bonchev–Trinajstić information content (AvgIpc) is 2.51. The second-order valence-electron chi connectivity index (χ2n) is 2.93. The third-order valence-corrected chi connectivity index (χ3v) is 1.84. The Morgan fingerprint density at radius 3 is 3.00 bits per heavy atom. The molecule has 0 aromatic rings. The van der Waals surface area contributed by atoms with E-state index in [-0.39, 0.29) is 24.3 Å². The Morgan fingerprint density at radius 2 is 2.50 bits per heavy atom. The first-order valence-corrected chi connectivity index (χ1v) is 4.08. The van der Waals surface area contributed by atoms with Crippen molar-refractivity contribution in [2.75, 3.05) is 13.1 Å². The summed E-state index contributed by atoms with van der Waals surface area (Å²) in [6, 6.07) is -0.0793. The van der Waals surface area contributed by atoms with E-state index in [9.17, 15) is 4.79 Å². The highest BCUT2D eigenvalue weighted by molar-refractivity contribution is 5.82. The second kappa shape index (κ2) is 4.11. The van der Waals surface area contributed by atoms with Crippen LogP contribution in [-0.2, 0) is 4.79 Å². The number of carbonyl (C=O) groups excluding carboxylic acids is 1. The molecule has 68 valence electrons. The zero-order valence-electron chi connectivity index (χ0n) is 6.97. The van der Waals surface area contributed by atoms with Crippen LogP contribution in [0.15, 0.2) is 12.3 Å². The fourth-order valence-electron chi connectivity index (χ4n) is 1.22. The van der Waals surface area contributed by atoms with Crippen LogP contribution in [0.1, 0.15) is 12.8 Å². The number of hydrogen-bond donors (Lipinski definition) is 3. The largest absolute Gasteiger partial charge is 0.511 e. The molecule has 1 atom stereocenters. The predicted octanol–water partition coefficient (Wildman–Crippen LogP) is -0.0737. The van der Waals surface area contributed by atoms with Gasteiger partial charge in [-0.25, -0.2) is 0 Å². The van der Waals surface area contributed by atoms with Gasteiger partial charge in [0.2, 0.25) is 5.91 Å². The summed E-state index contributed by atoms with van der Waals surface area (Å²) in [5.41, 5.74) is 0. The Balaban J connectivity index is 2.23. The first kappa shape index (κ1) is 9.06. The van der Waals surface area contributed by atoms with Crippen molar-refractivity contribution >= 4 is 5.91 Å². The minimum Gasteiger partial charge on any atom is -0.511 e. The van der Waals surface area contributed by atoms with E-state index in [0.717, 1.165) is 19.4 Å². The van der Waals surface area contributed by atoms with Crippen molar-refractivity contribution in [3.05, 3.63) is 12.3 Å². The highest BCUT2D eigenvalue weighted by atomic mass is 16.3. The summed E-state index contributed by atoms with van der Waals surface area (Å²) in [4.78, 5) is 11.2. The van der Waals surface area contributed by atoms with Gasteiger partial charge in [-0.15, -0.1) is 0 Å². The topological polar surface area (TPSA) is 61.4 Å². The highest BCUT2D eigenvalue weighted by Crippen LogP contribution is 2.04. The first-order valence-electron chi connectivity index (χ1n) is 4.08. The molecule has 1 aliphatic rings. The van der Waals surface area contributed by atoms with Gasteiger partial charge in [0.25, 0.3) is 0 Å². The lowest BCUT2D eigenvalue weighted by Gasteiger charge is -2.09. The molecule has 0 saturated carbocycles. The molecule has 0 spiro atoms. The molecular weight excluding hydrogens is 156 g/mol. The molecular formula is C8H14N2O2. The van der Waals surface area contributed by atoms with Gasteiger partial charge < -0.3 is 15.7 Å². The van der Waals surface area contributed by atoms with Crippen molar-refractivity contribution in [2.24, 2.45) is 0 Å². The van der Waals surface area contributed by atoms with Crippen molar-refractivity contribution in [2.45, 2.75) is 18.9 Å². The van der Waals surface area contributed by atoms with Crippen LogP contribution in [0, 0.1) is 0 Å². The number of carbonyl (C=O) groups is 1. The van der Waals surface area contributed by atoms with Crippen LogP contribution in [0.25, 0.3) is 0 Å². The summed E-state index contributed by atoms with van der Waals surface area (Å²) in [5.74, 6) is -0.0657. The minimum atomic E-state index is -0.0793. The Labute approximate surface area is 71.7 Å². The van der Waals surface area contributed by atoms with E-state index in [0.29, 0.717) is 0 Å². The van der Waals surface area contributed by atoms with E-state index >= 15 is 0 Å². The summed E-state index contributed by atoms with van der Waals surface area (Å²) in [6.07, 6.45) is 1.92. The number of hydrogen-bond acceptors (Lipinski definition) is 3. The van der Waals surface area contributed by atoms with Gasteiger partial charge in [0.1, 0.15) is 5.76 Å². The van der Waals surface area contributed by atoms with E-state index in [1.165, 1.54) is 0 Å². The van der Waals surface area contributed by atoms with Gasteiger partial charge in [-0.1, -0.05) is 6.58 Å². The van der Waals surface area contributed by atoms with Crippen molar-refractivity contribution in [3.8, 4) is 0 Å². The Kier molecular flexibility index (Phi) is 3.10. The van der Waals surface area contributed by atoms with E-state index in [1.807, 2.05) is 0 Å². The number of nitrogens with one attached hydrogen (secondary N) is 2. The van der Waals surface area contributed by atoms with E-state index in [2.05, 4.69) is 17.2 Å². The molecule has 0 aromatic heterocycles. The van der Waals surface area contributed by atoms with Crippen LogP contribution in [-0.4, -0.2) is 30.1 Å². The molecule has 3 N–H and O–H groups in total. The fraction of sp³-hybridized carbons (Fsp3) is 0.625. The van der Waals surface area contributed by atoms with Crippen molar-refractivity contribution in [1.82, 2.24) is 10.6 Å². The summed E-state index contributed by atoms with van der Waals surface area (Å²) >= 11 is 0. The normalized spacial score (nSPS) is 22.2. The zero-order valence-corrected chi connectivity index (χ0v) is 6.97. The first-order chi connectivity index (χ1) is 5.70. The van der Waals surface area contributed by atoms with Gasteiger partial charge in [-0.2, -0.15) is 0 Å². The van der Waals surface area contributed by atoms with Crippen LogP contribution >= 0.6 is 0 Å². The molecule has 1 rings (SSSR count). The summed E-state index contributed by atoms with van der Waals surface area (Å²) in [5, 5.41) is 14.3. The van der Waals surface area contributed by atoms with Gasteiger partial charge in [0.15, 0.2) is 0 Å². The Hall–Kier alpha value is -1.03. The maximum Gasteiger partial charge on any atom is 0.237 e. The fourth-order valence-corrected chi connectivity index (χ4v) is 1.22. The van der Waals surface area contributed by atoms with Gasteiger partial charge >= 0.3 is 0 Å². The van der Waals surface area contributed by atoms with Crippen LogP contribution in [0.5, 0.6) is 0 Å². The molecule has 1 fully saturated rings. The lowest BCUT2D eigenvalue weighted by Crippen LogP contribution is -2.41. The SMILES string of the molecule is C=C(O)CNC(=O)C1CCCN1. The number of amides is 1. The highest BCUT2D eigenvalue weighted by Gasteiger charge is 2.21. The molecule has 0 aromatic carbocycles. The second-order valence-corrected chi connectivity index (χ2v) is 2.93. The summed E-state index contributed by atoms with van der Waals surface area (Å²) < 4.78 is 0. The smallest absolute Gasteiger partial charge is 0.237 e. The molecule has 0 bridgehead atoms. The molecule has 0 radical (unpaired) electrons.